The fourth-order valence-electron chi connectivity index (χ4n) is 5.38. The van der Waals surface area contributed by atoms with Gasteiger partial charge in [0.05, 0.1) is 17.8 Å². The van der Waals surface area contributed by atoms with Crippen LogP contribution in [0.1, 0.15) is 66.5 Å². The molecule has 1 saturated carbocycles. The maximum Gasteiger partial charge on any atom is 0.174 e. The molecule has 1 aliphatic carbocycles. The monoisotopic (exact) mass is 434 g/mol. The van der Waals surface area contributed by atoms with Gasteiger partial charge in [0, 0.05) is 29.3 Å². The van der Waals surface area contributed by atoms with Crippen LogP contribution in [-0.2, 0) is 0 Å². The molecule has 5 rings (SSSR count). The third-order valence-electron chi connectivity index (χ3n) is 6.73. The van der Waals surface area contributed by atoms with Crippen molar-refractivity contribution < 1.29 is 4.39 Å². The Labute approximate surface area is 188 Å². The van der Waals surface area contributed by atoms with Gasteiger partial charge in [-0.3, -0.25) is 4.98 Å². The lowest BCUT2D eigenvalue weighted by molar-refractivity contribution is 0.494. The van der Waals surface area contributed by atoms with Crippen molar-refractivity contribution >= 4 is 23.0 Å². The minimum absolute atomic E-state index is 0.0609. The highest BCUT2D eigenvalue weighted by atomic mass is 32.1. The van der Waals surface area contributed by atoms with E-state index < -0.39 is 0 Å². The number of aromatic nitrogens is 2. The summed E-state index contributed by atoms with van der Waals surface area (Å²) in [6, 6.07) is 15.3. The third-order valence-corrected chi connectivity index (χ3v) is 7.05. The number of hydrogen-bond acceptors (Lipinski definition) is 2. The Bertz CT molecular complexity index is 1090. The number of thiocarbonyl (C=S) groups is 1. The van der Waals surface area contributed by atoms with Crippen LogP contribution >= 0.6 is 12.2 Å². The highest BCUT2D eigenvalue weighted by Crippen LogP contribution is 2.44. The lowest BCUT2D eigenvalue weighted by Crippen LogP contribution is -2.29. The van der Waals surface area contributed by atoms with E-state index in [4.69, 9.17) is 12.2 Å². The minimum Gasteiger partial charge on any atom is -0.351 e. The van der Waals surface area contributed by atoms with Gasteiger partial charge in [0.1, 0.15) is 5.82 Å². The third kappa shape index (κ3) is 3.53. The van der Waals surface area contributed by atoms with E-state index in [1.807, 2.05) is 24.4 Å². The molecule has 4 nitrogen and oxygen atoms in total. The van der Waals surface area contributed by atoms with Crippen molar-refractivity contribution in [3.05, 3.63) is 83.2 Å². The lowest BCUT2D eigenvalue weighted by Gasteiger charge is -2.28. The highest BCUT2D eigenvalue weighted by Gasteiger charge is 2.42. The first kappa shape index (κ1) is 20.2. The second-order valence-corrected chi connectivity index (χ2v) is 8.99. The predicted molar refractivity (Wildman–Crippen MR) is 126 cm³/mol. The molecule has 0 unspecified atom stereocenters. The van der Waals surface area contributed by atoms with Crippen molar-refractivity contribution in [2.45, 2.75) is 57.7 Å². The summed E-state index contributed by atoms with van der Waals surface area (Å²) < 4.78 is 16.2. The molecule has 1 saturated heterocycles. The van der Waals surface area contributed by atoms with Gasteiger partial charge in [-0.05, 0) is 86.9 Å². The van der Waals surface area contributed by atoms with Crippen LogP contribution in [0.4, 0.5) is 10.1 Å². The summed E-state index contributed by atoms with van der Waals surface area (Å²) in [5, 5.41) is 4.14. The first-order chi connectivity index (χ1) is 15.0. The van der Waals surface area contributed by atoms with Crippen molar-refractivity contribution in [1.82, 2.24) is 14.9 Å². The van der Waals surface area contributed by atoms with Gasteiger partial charge >= 0.3 is 0 Å². The van der Waals surface area contributed by atoms with E-state index in [9.17, 15) is 4.39 Å². The summed E-state index contributed by atoms with van der Waals surface area (Å²) in [7, 11) is 0. The van der Waals surface area contributed by atoms with Crippen molar-refractivity contribution in [1.29, 1.82) is 0 Å². The first-order valence-corrected chi connectivity index (χ1v) is 11.4. The molecule has 0 spiro atoms. The zero-order valence-electron chi connectivity index (χ0n) is 17.9. The number of halogens is 1. The van der Waals surface area contributed by atoms with Crippen molar-refractivity contribution in [3.63, 3.8) is 0 Å². The maximum absolute atomic E-state index is 13.6. The average molecular weight is 435 g/mol. The number of pyridine rings is 1. The summed E-state index contributed by atoms with van der Waals surface area (Å²) in [5.41, 5.74) is 5.65. The summed E-state index contributed by atoms with van der Waals surface area (Å²) in [4.78, 5) is 6.75. The number of hydrogen-bond donors (Lipinski definition) is 1. The molecule has 2 atom stereocenters. The predicted octanol–water partition coefficient (Wildman–Crippen LogP) is 5.93. The van der Waals surface area contributed by atoms with E-state index >= 15 is 0 Å². The first-order valence-electron chi connectivity index (χ1n) is 11.0. The van der Waals surface area contributed by atoms with Gasteiger partial charge in [0.15, 0.2) is 5.11 Å². The van der Waals surface area contributed by atoms with Crippen LogP contribution in [0.5, 0.6) is 0 Å². The van der Waals surface area contributed by atoms with Gasteiger partial charge in [-0.25, -0.2) is 4.39 Å². The Morgan fingerprint density at radius 3 is 2.48 bits per heavy atom. The number of anilines is 1. The quantitative estimate of drug-likeness (QED) is 0.516. The number of benzene rings is 1. The van der Waals surface area contributed by atoms with Crippen LogP contribution in [0.15, 0.2) is 54.7 Å². The standard InChI is InChI=1S/C25H27FN4S/c1-16-15-21(17(2)29(16)19-7-3-4-8-19)24-23(22-9-5-6-14-27-22)28-25(31)30(24)20-12-10-18(26)11-13-20/h5-6,9-15,19,23-24H,3-4,7-8H2,1-2H3,(H,28,31)/t23-,24-/m1/s1. The van der Waals surface area contributed by atoms with E-state index in [0.717, 1.165) is 11.4 Å². The molecule has 3 aromatic rings. The van der Waals surface area contributed by atoms with Crippen molar-refractivity contribution in [2.24, 2.45) is 0 Å². The van der Waals surface area contributed by atoms with Gasteiger partial charge in [-0.15, -0.1) is 0 Å². The van der Waals surface area contributed by atoms with Crippen molar-refractivity contribution in [3.8, 4) is 0 Å². The van der Waals surface area contributed by atoms with Gasteiger partial charge < -0.3 is 14.8 Å². The lowest BCUT2D eigenvalue weighted by atomic mass is 9.96. The van der Waals surface area contributed by atoms with E-state index in [2.05, 4.69) is 39.7 Å². The fraction of sp³-hybridized carbons (Fsp3) is 0.360. The number of nitrogens with zero attached hydrogens (tertiary/aromatic N) is 3. The van der Waals surface area contributed by atoms with Crippen LogP contribution in [0, 0.1) is 19.7 Å². The molecule has 3 heterocycles. The summed E-state index contributed by atoms with van der Waals surface area (Å²) in [6.45, 7) is 4.42. The molecule has 0 radical (unpaired) electrons. The van der Waals surface area contributed by atoms with Gasteiger partial charge in [-0.1, -0.05) is 18.9 Å². The molecule has 0 bridgehead atoms. The van der Waals surface area contributed by atoms with Gasteiger partial charge in [0.2, 0.25) is 0 Å². The molecular weight excluding hydrogens is 407 g/mol. The molecule has 0 amide bonds. The normalized spacial score (nSPS) is 21.6. The highest BCUT2D eigenvalue weighted by molar-refractivity contribution is 7.80. The molecule has 1 aromatic carbocycles. The fourth-order valence-corrected chi connectivity index (χ4v) is 5.72. The molecule has 2 aromatic heterocycles. The Hall–Kier alpha value is -2.73. The van der Waals surface area contributed by atoms with E-state index in [0.29, 0.717) is 11.2 Å². The smallest absolute Gasteiger partial charge is 0.174 e. The summed E-state index contributed by atoms with van der Waals surface area (Å²) in [6.07, 6.45) is 6.89. The van der Waals surface area contributed by atoms with E-state index in [1.165, 1.54) is 54.8 Å². The van der Waals surface area contributed by atoms with E-state index in [1.54, 1.807) is 12.1 Å². The largest absolute Gasteiger partial charge is 0.351 e. The van der Waals surface area contributed by atoms with Crippen LogP contribution in [0.3, 0.4) is 0 Å². The van der Waals surface area contributed by atoms with Gasteiger partial charge in [0.25, 0.3) is 0 Å². The van der Waals surface area contributed by atoms with Crippen LogP contribution in [0.25, 0.3) is 0 Å². The van der Waals surface area contributed by atoms with Gasteiger partial charge in [-0.2, -0.15) is 0 Å². The topological polar surface area (TPSA) is 33.1 Å². The Kier molecular flexibility index (Phi) is 5.26. The molecule has 2 fully saturated rings. The Balaban J connectivity index is 1.64. The van der Waals surface area contributed by atoms with Crippen LogP contribution in [-0.4, -0.2) is 14.7 Å². The Morgan fingerprint density at radius 1 is 1.06 bits per heavy atom. The molecular formula is C25H27FN4S. The second-order valence-electron chi connectivity index (χ2n) is 8.61. The summed E-state index contributed by atoms with van der Waals surface area (Å²) in [5.74, 6) is -0.251. The zero-order valence-corrected chi connectivity index (χ0v) is 18.7. The van der Waals surface area contributed by atoms with E-state index in [-0.39, 0.29) is 17.9 Å². The molecule has 1 N–H and O–H groups in total. The number of aryl methyl sites for hydroxylation is 1. The SMILES string of the molecule is Cc1cc([C@@H]2[C@@H](c3ccccn3)NC(=S)N2c2ccc(F)cc2)c(C)n1C1CCCC1. The van der Waals surface area contributed by atoms with Crippen LogP contribution < -0.4 is 10.2 Å². The molecule has 31 heavy (non-hydrogen) atoms. The minimum atomic E-state index is -0.251. The molecule has 6 heteroatoms. The van der Waals surface area contributed by atoms with Crippen LogP contribution in [0.2, 0.25) is 0 Å². The molecule has 2 aliphatic rings. The second kappa shape index (κ2) is 8.08. The zero-order chi connectivity index (χ0) is 21.5. The average Bonchev–Trinajstić information content (AvgIpc) is 3.47. The number of rotatable bonds is 4. The summed E-state index contributed by atoms with van der Waals surface area (Å²) >= 11 is 5.79. The van der Waals surface area contributed by atoms with Crippen molar-refractivity contribution in [2.75, 3.05) is 4.90 Å². The Morgan fingerprint density at radius 2 is 1.81 bits per heavy atom. The molecule has 160 valence electrons. The maximum atomic E-state index is 13.6. The number of nitrogens with one attached hydrogen (secondary N) is 1. The molecule has 1 aliphatic heterocycles.